The maximum absolute atomic E-state index is 12.9. The third-order valence-electron chi connectivity index (χ3n) is 5.75. The number of hydrogen-bond donors (Lipinski definition) is 2. The highest BCUT2D eigenvalue weighted by atomic mass is 16.2. The zero-order chi connectivity index (χ0) is 19.8. The van der Waals surface area contributed by atoms with Crippen molar-refractivity contribution in [3.8, 4) is 0 Å². The molecule has 1 aromatic heterocycles. The Labute approximate surface area is 164 Å². The Kier molecular flexibility index (Phi) is 4.67. The van der Waals surface area contributed by atoms with E-state index in [0.29, 0.717) is 25.1 Å². The van der Waals surface area contributed by atoms with Crippen molar-refractivity contribution in [1.82, 2.24) is 15.2 Å². The minimum atomic E-state index is -0.458. The molecule has 1 atom stereocenters. The van der Waals surface area contributed by atoms with Gasteiger partial charge in [0.2, 0.25) is 5.91 Å². The average molecular weight is 375 g/mol. The van der Waals surface area contributed by atoms with Crippen LogP contribution in [0, 0.1) is 13.8 Å². The van der Waals surface area contributed by atoms with Crippen LogP contribution in [0.2, 0.25) is 0 Å². The van der Waals surface area contributed by atoms with Crippen molar-refractivity contribution in [3.63, 3.8) is 0 Å². The zero-order valence-electron chi connectivity index (χ0n) is 16.5. The first kappa shape index (κ1) is 18.3. The lowest BCUT2D eigenvalue weighted by atomic mass is 10.1. The Morgan fingerprint density at radius 1 is 1.21 bits per heavy atom. The fourth-order valence-electron chi connectivity index (χ4n) is 4.00. The first-order valence-corrected chi connectivity index (χ1v) is 9.74. The molecule has 2 amide bonds. The van der Waals surface area contributed by atoms with Gasteiger partial charge in [0.1, 0.15) is 6.04 Å². The van der Waals surface area contributed by atoms with Crippen LogP contribution in [-0.4, -0.2) is 27.7 Å². The molecular formula is C23H25N3O2. The van der Waals surface area contributed by atoms with Gasteiger partial charge in [-0.2, -0.15) is 0 Å². The monoisotopic (exact) mass is 375 g/mol. The van der Waals surface area contributed by atoms with Crippen LogP contribution < -0.4 is 5.32 Å². The van der Waals surface area contributed by atoms with E-state index in [1.165, 1.54) is 10.9 Å². The minimum Gasteiger partial charge on any atom is -0.358 e. The predicted octanol–water partition coefficient (Wildman–Crippen LogP) is 3.84. The number of aromatic amines is 1. The van der Waals surface area contributed by atoms with E-state index in [-0.39, 0.29) is 11.8 Å². The van der Waals surface area contributed by atoms with Crippen LogP contribution in [0.15, 0.2) is 42.5 Å². The predicted molar refractivity (Wildman–Crippen MR) is 110 cm³/mol. The Bertz CT molecular complexity index is 1070. The molecule has 0 aliphatic carbocycles. The zero-order valence-corrected chi connectivity index (χ0v) is 16.5. The number of amides is 2. The summed E-state index contributed by atoms with van der Waals surface area (Å²) in [7, 11) is 0. The molecule has 1 unspecified atom stereocenters. The molecule has 0 bridgehead atoms. The van der Waals surface area contributed by atoms with Crippen molar-refractivity contribution >= 4 is 22.7 Å². The summed E-state index contributed by atoms with van der Waals surface area (Å²) < 4.78 is 0. The van der Waals surface area contributed by atoms with Gasteiger partial charge < -0.3 is 15.2 Å². The summed E-state index contributed by atoms with van der Waals surface area (Å²) >= 11 is 0. The van der Waals surface area contributed by atoms with Gasteiger partial charge in [0, 0.05) is 35.2 Å². The van der Waals surface area contributed by atoms with E-state index in [9.17, 15) is 9.59 Å². The maximum atomic E-state index is 12.9. The Morgan fingerprint density at radius 3 is 2.75 bits per heavy atom. The molecule has 1 aliphatic rings. The number of benzene rings is 2. The van der Waals surface area contributed by atoms with Gasteiger partial charge in [0.05, 0.1) is 0 Å². The number of nitrogens with one attached hydrogen (secondary N) is 2. The minimum absolute atomic E-state index is 0.0579. The topological polar surface area (TPSA) is 65.2 Å². The lowest BCUT2D eigenvalue weighted by Crippen LogP contribution is -2.46. The van der Waals surface area contributed by atoms with Crippen molar-refractivity contribution in [1.29, 1.82) is 0 Å². The summed E-state index contributed by atoms with van der Waals surface area (Å²) in [6.45, 7) is 7.05. The van der Waals surface area contributed by atoms with E-state index < -0.39 is 6.04 Å². The van der Waals surface area contributed by atoms with Gasteiger partial charge in [0.15, 0.2) is 0 Å². The quantitative estimate of drug-likeness (QED) is 0.712. The van der Waals surface area contributed by atoms with Crippen molar-refractivity contribution in [2.75, 3.05) is 0 Å². The Balaban J connectivity index is 1.47. The number of carbonyl (C=O) groups is 2. The summed E-state index contributed by atoms with van der Waals surface area (Å²) in [6, 6.07) is 13.3. The molecule has 2 N–H and O–H groups in total. The first-order valence-electron chi connectivity index (χ1n) is 9.74. The van der Waals surface area contributed by atoms with Crippen molar-refractivity contribution in [2.45, 2.75) is 46.3 Å². The summed E-state index contributed by atoms with van der Waals surface area (Å²) in [5.74, 6) is -0.164. The number of aromatic nitrogens is 1. The van der Waals surface area contributed by atoms with E-state index >= 15 is 0 Å². The molecule has 0 saturated heterocycles. The number of fused-ring (bicyclic) bond motifs is 2. The number of nitrogens with zero attached hydrogens (tertiary/aromatic N) is 1. The fraction of sp³-hybridized carbons (Fsp3) is 0.304. The van der Waals surface area contributed by atoms with Gasteiger partial charge in [0.25, 0.3) is 5.91 Å². The van der Waals surface area contributed by atoms with Gasteiger partial charge in [-0.1, -0.05) is 31.2 Å². The molecule has 5 heteroatoms. The Morgan fingerprint density at radius 2 is 2.00 bits per heavy atom. The van der Waals surface area contributed by atoms with Gasteiger partial charge in [-0.25, -0.2) is 0 Å². The average Bonchev–Trinajstić information content (AvgIpc) is 3.18. The van der Waals surface area contributed by atoms with Crippen molar-refractivity contribution in [3.05, 3.63) is 70.4 Å². The lowest BCUT2D eigenvalue weighted by molar-refractivity contribution is -0.126. The molecule has 5 nitrogen and oxygen atoms in total. The molecule has 1 aliphatic heterocycles. The third-order valence-corrected chi connectivity index (χ3v) is 5.75. The highest BCUT2D eigenvalue weighted by molar-refractivity contribution is 6.01. The standard InChI is InChI=1S/C23H25N3O2/c1-4-21(26-13-17-7-5-6-8-18(17)23(26)28)22(27)24-12-16-9-10-20-19(11-16)14(2)15(3)25-20/h5-11,21,25H,4,12-13H2,1-3H3,(H,24,27). The molecule has 2 aromatic carbocycles. The molecule has 0 fully saturated rings. The molecule has 3 aromatic rings. The molecule has 0 radical (unpaired) electrons. The molecular weight excluding hydrogens is 350 g/mol. The lowest BCUT2D eigenvalue weighted by Gasteiger charge is -2.25. The van der Waals surface area contributed by atoms with Gasteiger partial charge >= 0.3 is 0 Å². The highest BCUT2D eigenvalue weighted by Crippen LogP contribution is 2.26. The van der Waals surface area contributed by atoms with Crippen LogP contribution in [0.25, 0.3) is 10.9 Å². The van der Waals surface area contributed by atoms with E-state index in [2.05, 4.69) is 36.3 Å². The van der Waals surface area contributed by atoms with Crippen molar-refractivity contribution < 1.29 is 9.59 Å². The number of carbonyl (C=O) groups excluding carboxylic acids is 2. The summed E-state index contributed by atoms with van der Waals surface area (Å²) in [6.07, 6.45) is 0.584. The normalized spacial score (nSPS) is 14.4. The van der Waals surface area contributed by atoms with Crippen molar-refractivity contribution in [2.24, 2.45) is 0 Å². The summed E-state index contributed by atoms with van der Waals surface area (Å²) in [5.41, 5.74) is 6.25. The molecule has 144 valence electrons. The molecule has 28 heavy (non-hydrogen) atoms. The van der Waals surface area contributed by atoms with E-state index in [0.717, 1.165) is 22.3 Å². The Hall–Kier alpha value is -3.08. The number of hydrogen-bond acceptors (Lipinski definition) is 2. The third kappa shape index (κ3) is 3.07. The van der Waals surface area contributed by atoms with E-state index in [4.69, 9.17) is 0 Å². The SMILES string of the molecule is CCC(C(=O)NCc1ccc2[nH]c(C)c(C)c2c1)N1Cc2ccccc2C1=O. The van der Waals surface area contributed by atoms with Gasteiger partial charge in [-0.3, -0.25) is 9.59 Å². The number of aryl methyl sites for hydroxylation is 2. The van der Waals surface area contributed by atoms with Crippen LogP contribution in [-0.2, 0) is 17.9 Å². The van der Waals surface area contributed by atoms with E-state index in [1.807, 2.05) is 37.3 Å². The smallest absolute Gasteiger partial charge is 0.255 e. The maximum Gasteiger partial charge on any atom is 0.255 e. The first-order chi connectivity index (χ1) is 13.5. The van der Waals surface area contributed by atoms with Crippen LogP contribution >= 0.6 is 0 Å². The second-order valence-corrected chi connectivity index (χ2v) is 7.49. The van der Waals surface area contributed by atoms with Crippen LogP contribution in [0.1, 0.15) is 46.1 Å². The van der Waals surface area contributed by atoms with Crippen LogP contribution in [0.3, 0.4) is 0 Å². The van der Waals surface area contributed by atoms with Gasteiger partial charge in [-0.15, -0.1) is 0 Å². The summed E-state index contributed by atoms with van der Waals surface area (Å²) in [4.78, 5) is 30.6. The second kappa shape index (κ2) is 7.15. The summed E-state index contributed by atoms with van der Waals surface area (Å²) in [5, 5.41) is 4.20. The highest BCUT2D eigenvalue weighted by Gasteiger charge is 2.34. The van der Waals surface area contributed by atoms with E-state index in [1.54, 1.807) is 4.90 Å². The molecule has 0 spiro atoms. The molecule has 0 saturated carbocycles. The number of rotatable bonds is 5. The van der Waals surface area contributed by atoms with Crippen LogP contribution in [0.5, 0.6) is 0 Å². The second-order valence-electron chi connectivity index (χ2n) is 7.49. The largest absolute Gasteiger partial charge is 0.358 e. The molecule has 2 heterocycles. The molecule has 4 rings (SSSR count). The fourth-order valence-corrected chi connectivity index (χ4v) is 4.00. The van der Waals surface area contributed by atoms with Crippen LogP contribution in [0.4, 0.5) is 0 Å². The number of H-pyrrole nitrogens is 1. The van der Waals surface area contributed by atoms with Gasteiger partial charge in [-0.05, 0) is 55.2 Å².